The lowest BCUT2D eigenvalue weighted by Gasteiger charge is -2.34. The molecular formula is C19H23N3O3. The molecule has 2 N–H and O–H groups in total. The first-order valence-electron chi connectivity index (χ1n) is 8.44. The monoisotopic (exact) mass is 341 g/mol. The summed E-state index contributed by atoms with van der Waals surface area (Å²) < 4.78 is 11.2. The molecule has 1 aliphatic rings. The second-order valence-corrected chi connectivity index (χ2v) is 6.05. The average molecular weight is 341 g/mol. The van der Waals surface area contributed by atoms with Gasteiger partial charge in [0.05, 0.1) is 0 Å². The van der Waals surface area contributed by atoms with E-state index in [1.54, 1.807) is 19.4 Å². The summed E-state index contributed by atoms with van der Waals surface area (Å²) in [7, 11) is 1.60. The zero-order valence-electron chi connectivity index (χ0n) is 14.3. The first-order chi connectivity index (χ1) is 12.2. The largest absolute Gasteiger partial charge is 0.439 e. The molecule has 1 aromatic heterocycles. The number of pyridine rings is 1. The third-order valence-electron chi connectivity index (χ3n) is 4.43. The van der Waals surface area contributed by atoms with Crippen molar-refractivity contribution in [2.24, 2.45) is 0 Å². The van der Waals surface area contributed by atoms with Crippen LogP contribution in [0.15, 0.2) is 48.7 Å². The summed E-state index contributed by atoms with van der Waals surface area (Å²) in [5.74, 6) is 1.19. The number of nitrogens with one attached hydrogen (secondary N) is 2. The molecule has 2 aromatic rings. The zero-order chi connectivity index (χ0) is 17.5. The van der Waals surface area contributed by atoms with Crippen LogP contribution in [0, 0.1) is 0 Å². The molecule has 25 heavy (non-hydrogen) atoms. The summed E-state index contributed by atoms with van der Waals surface area (Å²) in [5.41, 5.74) is 0.184. The molecule has 0 aliphatic carbocycles. The van der Waals surface area contributed by atoms with Gasteiger partial charge in [0, 0.05) is 25.9 Å². The summed E-state index contributed by atoms with van der Waals surface area (Å²) in [6.07, 6.45) is 3.06. The Morgan fingerprint density at radius 3 is 2.60 bits per heavy atom. The molecule has 1 aliphatic heterocycles. The molecule has 0 unspecified atom stereocenters. The van der Waals surface area contributed by atoms with Crippen molar-refractivity contribution in [1.82, 2.24) is 15.6 Å². The van der Waals surface area contributed by atoms with Gasteiger partial charge in [-0.2, -0.15) is 0 Å². The van der Waals surface area contributed by atoms with Gasteiger partial charge >= 0.3 is 0 Å². The highest BCUT2D eigenvalue weighted by molar-refractivity contribution is 5.85. The van der Waals surface area contributed by atoms with E-state index in [1.807, 2.05) is 36.4 Å². The number of piperidine rings is 1. The predicted molar refractivity (Wildman–Crippen MR) is 94.4 cm³/mol. The van der Waals surface area contributed by atoms with Crippen molar-refractivity contribution in [3.63, 3.8) is 0 Å². The number of aromatic nitrogens is 1. The zero-order valence-corrected chi connectivity index (χ0v) is 14.3. The van der Waals surface area contributed by atoms with Crippen LogP contribution in [0.3, 0.4) is 0 Å². The van der Waals surface area contributed by atoms with Crippen molar-refractivity contribution in [1.29, 1.82) is 0 Å². The first kappa shape index (κ1) is 17.4. The minimum atomic E-state index is -0.727. The first-order valence-corrected chi connectivity index (χ1v) is 8.44. The Labute approximate surface area is 147 Å². The molecule has 0 atom stereocenters. The van der Waals surface area contributed by atoms with Crippen molar-refractivity contribution in [2.45, 2.75) is 25.0 Å². The Kier molecular flexibility index (Phi) is 5.63. The Hall–Kier alpha value is -2.44. The van der Waals surface area contributed by atoms with Crippen LogP contribution in [0.4, 0.5) is 0 Å². The fraction of sp³-hybridized carbons (Fsp3) is 0.368. The summed E-state index contributed by atoms with van der Waals surface area (Å²) in [6.45, 7) is 1.98. The van der Waals surface area contributed by atoms with Gasteiger partial charge in [0.15, 0.2) is 0 Å². The molecule has 6 nitrogen and oxygen atoms in total. The lowest BCUT2D eigenvalue weighted by Crippen LogP contribution is -2.53. The molecule has 0 radical (unpaired) electrons. The van der Waals surface area contributed by atoms with Gasteiger partial charge in [-0.1, -0.05) is 24.3 Å². The average Bonchev–Trinajstić information content (AvgIpc) is 2.68. The van der Waals surface area contributed by atoms with Gasteiger partial charge in [-0.25, -0.2) is 4.98 Å². The number of carbonyl (C=O) groups excluding carboxylic acids is 1. The van der Waals surface area contributed by atoms with E-state index in [4.69, 9.17) is 9.47 Å². The number of nitrogens with zero attached hydrogens (tertiary/aromatic N) is 1. The Bertz CT molecular complexity index is 683. The SMILES string of the molecule is COC1(C(=O)NCc2ccc(Oc3ccccc3)nc2)CCNCC1. The normalized spacial score (nSPS) is 16.2. The van der Waals surface area contributed by atoms with E-state index >= 15 is 0 Å². The van der Waals surface area contributed by atoms with Crippen molar-refractivity contribution in [3.8, 4) is 11.6 Å². The second-order valence-electron chi connectivity index (χ2n) is 6.05. The Morgan fingerprint density at radius 2 is 1.96 bits per heavy atom. The molecule has 1 fully saturated rings. The van der Waals surface area contributed by atoms with Crippen LogP contribution < -0.4 is 15.4 Å². The van der Waals surface area contributed by atoms with E-state index in [2.05, 4.69) is 15.6 Å². The number of hydrogen-bond donors (Lipinski definition) is 2. The van der Waals surface area contributed by atoms with Gasteiger partial charge in [-0.05, 0) is 43.6 Å². The highest BCUT2D eigenvalue weighted by atomic mass is 16.5. The van der Waals surface area contributed by atoms with E-state index in [9.17, 15) is 4.79 Å². The quantitative estimate of drug-likeness (QED) is 0.843. The molecule has 6 heteroatoms. The van der Waals surface area contributed by atoms with Gasteiger partial charge in [0.1, 0.15) is 11.4 Å². The minimum absolute atomic E-state index is 0.0684. The highest BCUT2D eigenvalue weighted by Crippen LogP contribution is 2.23. The van der Waals surface area contributed by atoms with E-state index in [0.29, 0.717) is 25.3 Å². The molecule has 1 saturated heterocycles. The van der Waals surface area contributed by atoms with E-state index in [0.717, 1.165) is 24.4 Å². The van der Waals surface area contributed by atoms with Crippen LogP contribution in [0.2, 0.25) is 0 Å². The van der Waals surface area contributed by atoms with Crippen molar-refractivity contribution in [2.75, 3.05) is 20.2 Å². The number of hydrogen-bond acceptors (Lipinski definition) is 5. The van der Waals surface area contributed by atoms with Gasteiger partial charge in [0.2, 0.25) is 5.88 Å². The van der Waals surface area contributed by atoms with Crippen molar-refractivity contribution in [3.05, 3.63) is 54.2 Å². The maximum Gasteiger partial charge on any atom is 0.252 e. The predicted octanol–water partition coefficient (Wildman–Crippen LogP) is 2.26. The molecule has 1 aromatic carbocycles. The lowest BCUT2D eigenvalue weighted by molar-refractivity contribution is -0.146. The minimum Gasteiger partial charge on any atom is -0.439 e. The smallest absolute Gasteiger partial charge is 0.252 e. The topological polar surface area (TPSA) is 72.5 Å². The Balaban J connectivity index is 1.55. The number of benzene rings is 1. The summed E-state index contributed by atoms with van der Waals surface area (Å²) in [5, 5.41) is 6.20. The van der Waals surface area contributed by atoms with Crippen LogP contribution in [0.5, 0.6) is 11.6 Å². The maximum absolute atomic E-state index is 12.5. The molecule has 3 rings (SSSR count). The third kappa shape index (κ3) is 4.35. The highest BCUT2D eigenvalue weighted by Gasteiger charge is 2.39. The third-order valence-corrected chi connectivity index (χ3v) is 4.43. The molecule has 0 spiro atoms. The molecule has 0 bridgehead atoms. The van der Waals surface area contributed by atoms with Crippen LogP contribution in [0.25, 0.3) is 0 Å². The fourth-order valence-electron chi connectivity index (χ4n) is 2.88. The molecular weight excluding hydrogens is 318 g/mol. The number of rotatable bonds is 6. The van der Waals surface area contributed by atoms with Crippen LogP contribution in [-0.4, -0.2) is 36.7 Å². The van der Waals surface area contributed by atoms with E-state index in [-0.39, 0.29) is 5.91 Å². The standard InChI is InChI=1S/C19H23N3O3/c1-24-19(9-11-20-12-10-19)18(23)22-14-15-7-8-17(21-13-15)25-16-5-3-2-4-6-16/h2-8,13,20H,9-12,14H2,1H3,(H,22,23). The number of ether oxygens (including phenoxy) is 2. The van der Waals surface area contributed by atoms with Crippen LogP contribution in [0.1, 0.15) is 18.4 Å². The summed E-state index contributed by atoms with van der Waals surface area (Å²) in [4.78, 5) is 16.8. The van der Waals surface area contributed by atoms with Crippen LogP contribution in [-0.2, 0) is 16.1 Å². The van der Waals surface area contributed by atoms with Gasteiger partial charge in [-0.15, -0.1) is 0 Å². The van der Waals surface area contributed by atoms with Crippen LogP contribution >= 0.6 is 0 Å². The molecule has 2 heterocycles. The van der Waals surface area contributed by atoms with E-state index < -0.39 is 5.60 Å². The molecule has 0 saturated carbocycles. The number of carbonyl (C=O) groups is 1. The van der Waals surface area contributed by atoms with Gasteiger partial charge < -0.3 is 20.1 Å². The van der Waals surface area contributed by atoms with Gasteiger partial charge in [-0.3, -0.25) is 4.79 Å². The summed E-state index contributed by atoms with van der Waals surface area (Å²) >= 11 is 0. The van der Waals surface area contributed by atoms with Gasteiger partial charge in [0.25, 0.3) is 5.91 Å². The number of methoxy groups -OCH3 is 1. The fourth-order valence-corrected chi connectivity index (χ4v) is 2.88. The number of amides is 1. The lowest BCUT2D eigenvalue weighted by atomic mass is 9.91. The van der Waals surface area contributed by atoms with Crippen molar-refractivity contribution < 1.29 is 14.3 Å². The summed E-state index contributed by atoms with van der Waals surface area (Å²) in [6, 6.07) is 13.2. The Morgan fingerprint density at radius 1 is 1.20 bits per heavy atom. The number of para-hydroxylation sites is 1. The molecule has 1 amide bonds. The van der Waals surface area contributed by atoms with Crippen molar-refractivity contribution >= 4 is 5.91 Å². The second kappa shape index (κ2) is 8.09. The molecule has 132 valence electrons. The maximum atomic E-state index is 12.5. The van der Waals surface area contributed by atoms with E-state index in [1.165, 1.54) is 0 Å².